The third kappa shape index (κ3) is 4.43. The molecule has 0 amide bonds. The van der Waals surface area contributed by atoms with Crippen molar-refractivity contribution in [2.75, 3.05) is 0 Å². The van der Waals surface area contributed by atoms with Crippen molar-refractivity contribution in [3.05, 3.63) is 94.2 Å². The lowest BCUT2D eigenvalue weighted by molar-refractivity contribution is 0.276. The van der Waals surface area contributed by atoms with E-state index < -0.39 is 0 Å². The Morgan fingerprint density at radius 3 is 2.31 bits per heavy atom. The van der Waals surface area contributed by atoms with Gasteiger partial charge in [-0.25, -0.2) is 9.67 Å². The van der Waals surface area contributed by atoms with Crippen molar-refractivity contribution >= 4 is 0 Å². The van der Waals surface area contributed by atoms with Crippen LogP contribution in [0.3, 0.4) is 0 Å². The molecule has 1 aromatic carbocycles. The number of aliphatic hydroxyl groups is 1. The van der Waals surface area contributed by atoms with Crippen LogP contribution in [-0.2, 0) is 19.6 Å². The van der Waals surface area contributed by atoms with Crippen LogP contribution >= 0.6 is 0 Å². The first kappa shape index (κ1) is 19.1. The van der Waals surface area contributed by atoms with Crippen molar-refractivity contribution in [2.45, 2.75) is 40.3 Å². The lowest BCUT2D eigenvalue weighted by Gasteiger charge is -2.11. The smallest absolute Gasteiger partial charge is 0.153 e. The zero-order valence-electron chi connectivity index (χ0n) is 17.0. The van der Waals surface area contributed by atoms with E-state index in [1.807, 2.05) is 23.9 Å². The molecule has 1 N–H and O–H groups in total. The predicted octanol–water partition coefficient (Wildman–Crippen LogP) is 3.52. The van der Waals surface area contributed by atoms with E-state index in [1.54, 1.807) is 10.7 Å². The summed E-state index contributed by atoms with van der Waals surface area (Å²) in [4.78, 5) is 4.83. The SMILES string of the molecule is Cc1ccc(Cc2cc(Cn3nc(C)cc3C)cc(-n3ccc(CO)n3)n2)cc1. The summed E-state index contributed by atoms with van der Waals surface area (Å²) >= 11 is 0. The van der Waals surface area contributed by atoms with E-state index in [4.69, 9.17) is 4.98 Å². The highest BCUT2D eigenvalue weighted by Gasteiger charge is 2.10. The molecule has 0 radical (unpaired) electrons. The second kappa shape index (κ2) is 8.01. The minimum atomic E-state index is -0.0886. The van der Waals surface area contributed by atoms with Crippen molar-refractivity contribution in [3.8, 4) is 5.82 Å². The lowest BCUT2D eigenvalue weighted by atomic mass is 10.1. The van der Waals surface area contributed by atoms with E-state index in [2.05, 4.69) is 60.4 Å². The number of benzene rings is 1. The van der Waals surface area contributed by atoms with Gasteiger partial charge >= 0.3 is 0 Å². The fourth-order valence-corrected chi connectivity index (χ4v) is 3.43. The normalized spacial score (nSPS) is 11.2. The van der Waals surface area contributed by atoms with Crippen LogP contribution in [0.2, 0.25) is 0 Å². The van der Waals surface area contributed by atoms with Gasteiger partial charge in [0.1, 0.15) is 0 Å². The van der Waals surface area contributed by atoms with Gasteiger partial charge in [-0.15, -0.1) is 0 Å². The summed E-state index contributed by atoms with van der Waals surface area (Å²) < 4.78 is 3.72. The summed E-state index contributed by atoms with van der Waals surface area (Å²) in [5, 5.41) is 18.3. The van der Waals surface area contributed by atoms with Gasteiger partial charge in [0.15, 0.2) is 5.82 Å². The van der Waals surface area contributed by atoms with Crippen LogP contribution in [0.1, 0.15) is 39.5 Å². The van der Waals surface area contributed by atoms with Gasteiger partial charge in [-0.05, 0) is 56.2 Å². The molecule has 29 heavy (non-hydrogen) atoms. The number of rotatable bonds is 6. The Hall–Kier alpha value is -3.25. The summed E-state index contributed by atoms with van der Waals surface area (Å²) in [6.07, 6.45) is 2.57. The third-order valence-corrected chi connectivity index (χ3v) is 4.91. The maximum Gasteiger partial charge on any atom is 0.153 e. The van der Waals surface area contributed by atoms with Crippen molar-refractivity contribution in [1.29, 1.82) is 0 Å². The Labute approximate surface area is 170 Å². The molecule has 6 nitrogen and oxygen atoms in total. The Bertz CT molecular complexity index is 1120. The van der Waals surface area contributed by atoms with E-state index in [9.17, 15) is 5.11 Å². The van der Waals surface area contributed by atoms with E-state index in [0.29, 0.717) is 12.2 Å². The fraction of sp³-hybridized carbons (Fsp3) is 0.261. The van der Waals surface area contributed by atoms with Crippen LogP contribution < -0.4 is 0 Å². The van der Waals surface area contributed by atoms with Gasteiger partial charge in [-0.1, -0.05) is 29.8 Å². The van der Waals surface area contributed by atoms with E-state index in [1.165, 1.54) is 11.1 Å². The van der Waals surface area contributed by atoms with Crippen LogP contribution in [-0.4, -0.2) is 29.7 Å². The molecule has 0 saturated heterocycles. The molecular weight excluding hydrogens is 362 g/mol. The number of aromatic nitrogens is 5. The van der Waals surface area contributed by atoms with Gasteiger partial charge in [0.25, 0.3) is 0 Å². The van der Waals surface area contributed by atoms with E-state index in [-0.39, 0.29) is 6.61 Å². The van der Waals surface area contributed by atoms with Crippen LogP contribution in [0.15, 0.2) is 54.7 Å². The first-order valence-electron chi connectivity index (χ1n) is 9.72. The molecule has 0 bridgehead atoms. The number of pyridine rings is 1. The van der Waals surface area contributed by atoms with Crippen LogP contribution in [0, 0.1) is 20.8 Å². The number of hydrogen-bond acceptors (Lipinski definition) is 4. The first-order valence-corrected chi connectivity index (χ1v) is 9.72. The standard InChI is InChI=1S/C23H25N5O/c1-16-4-6-19(7-5-16)11-22-12-20(14-28-18(3)10-17(2)25-28)13-23(24-22)27-9-8-21(15-29)26-27/h4-10,12-13,29H,11,14-15H2,1-3H3. The number of aryl methyl sites for hydroxylation is 3. The zero-order chi connectivity index (χ0) is 20.4. The average Bonchev–Trinajstić information content (AvgIpc) is 3.30. The summed E-state index contributed by atoms with van der Waals surface area (Å²) in [7, 11) is 0. The molecule has 4 aromatic rings. The van der Waals surface area contributed by atoms with Gasteiger partial charge in [0.05, 0.1) is 24.5 Å². The molecule has 0 aliphatic rings. The molecule has 0 atom stereocenters. The second-order valence-corrected chi connectivity index (χ2v) is 7.48. The minimum Gasteiger partial charge on any atom is -0.390 e. The summed E-state index contributed by atoms with van der Waals surface area (Å²) in [6, 6.07) is 16.6. The van der Waals surface area contributed by atoms with Gasteiger partial charge in [-0.3, -0.25) is 4.68 Å². The van der Waals surface area contributed by atoms with Crippen molar-refractivity contribution in [1.82, 2.24) is 24.5 Å². The van der Waals surface area contributed by atoms with Crippen LogP contribution in [0.4, 0.5) is 0 Å². The van der Waals surface area contributed by atoms with Crippen LogP contribution in [0.5, 0.6) is 0 Å². The molecule has 3 heterocycles. The summed E-state index contributed by atoms with van der Waals surface area (Å²) in [5.41, 5.74) is 7.31. The second-order valence-electron chi connectivity index (χ2n) is 7.48. The lowest BCUT2D eigenvalue weighted by Crippen LogP contribution is -2.08. The Morgan fingerprint density at radius 2 is 1.66 bits per heavy atom. The molecular formula is C23H25N5O. The first-order chi connectivity index (χ1) is 14.0. The van der Waals surface area contributed by atoms with Gasteiger partial charge < -0.3 is 5.11 Å². The third-order valence-electron chi connectivity index (χ3n) is 4.91. The highest BCUT2D eigenvalue weighted by molar-refractivity contribution is 5.34. The largest absolute Gasteiger partial charge is 0.390 e. The minimum absolute atomic E-state index is 0.0886. The Kier molecular flexibility index (Phi) is 5.27. The number of aliphatic hydroxyl groups excluding tert-OH is 1. The molecule has 4 rings (SSSR count). The fourth-order valence-electron chi connectivity index (χ4n) is 3.43. The summed E-state index contributed by atoms with van der Waals surface area (Å²) in [6.45, 7) is 6.74. The topological polar surface area (TPSA) is 68.8 Å². The van der Waals surface area contributed by atoms with Gasteiger partial charge in [0.2, 0.25) is 0 Å². The maximum absolute atomic E-state index is 9.34. The average molecular weight is 387 g/mol. The van der Waals surface area contributed by atoms with E-state index in [0.717, 1.165) is 34.9 Å². The zero-order valence-corrected chi connectivity index (χ0v) is 17.0. The molecule has 0 aliphatic carbocycles. The number of nitrogens with zero attached hydrogens (tertiary/aromatic N) is 5. The Morgan fingerprint density at radius 1 is 0.862 bits per heavy atom. The van der Waals surface area contributed by atoms with Crippen LogP contribution in [0.25, 0.3) is 5.82 Å². The van der Waals surface area contributed by atoms with Gasteiger partial charge in [-0.2, -0.15) is 10.2 Å². The quantitative estimate of drug-likeness (QED) is 0.550. The maximum atomic E-state index is 9.34. The molecule has 0 unspecified atom stereocenters. The molecule has 0 fully saturated rings. The van der Waals surface area contributed by atoms with E-state index >= 15 is 0 Å². The van der Waals surface area contributed by atoms with Crippen molar-refractivity contribution < 1.29 is 5.11 Å². The van der Waals surface area contributed by atoms with Gasteiger partial charge in [0, 0.05) is 24.0 Å². The molecule has 148 valence electrons. The molecule has 0 spiro atoms. The summed E-state index contributed by atoms with van der Waals surface area (Å²) in [5.74, 6) is 0.742. The molecule has 0 saturated carbocycles. The molecule has 0 aliphatic heterocycles. The van der Waals surface area contributed by atoms with Crippen molar-refractivity contribution in [2.24, 2.45) is 0 Å². The Balaban J connectivity index is 1.71. The number of hydrogen-bond donors (Lipinski definition) is 1. The molecule has 3 aromatic heterocycles. The predicted molar refractivity (Wildman–Crippen MR) is 112 cm³/mol. The monoisotopic (exact) mass is 387 g/mol. The van der Waals surface area contributed by atoms with Crippen molar-refractivity contribution in [3.63, 3.8) is 0 Å². The highest BCUT2D eigenvalue weighted by Crippen LogP contribution is 2.17. The highest BCUT2D eigenvalue weighted by atomic mass is 16.3. The molecule has 6 heteroatoms.